The van der Waals surface area contributed by atoms with Gasteiger partial charge in [-0.05, 0) is 28.8 Å². The third-order valence-corrected chi connectivity index (χ3v) is 8.20. The Morgan fingerprint density at radius 2 is 1.07 bits per heavy atom. The van der Waals surface area contributed by atoms with Crippen molar-refractivity contribution in [3.05, 3.63) is 149 Å². The van der Waals surface area contributed by atoms with Gasteiger partial charge in [-0.1, -0.05) is 109 Å². The summed E-state index contributed by atoms with van der Waals surface area (Å²) in [5.41, 5.74) is 2.96. The Morgan fingerprint density at radius 1 is 0.600 bits per heavy atom. The molecule has 206 valence electrons. The van der Waals surface area contributed by atoms with Crippen molar-refractivity contribution in [3.63, 3.8) is 0 Å². The van der Waals surface area contributed by atoms with E-state index in [4.69, 9.17) is 18.9 Å². The molecule has 4 aromatic rings. The normalized spacial score (nSPS) is 19.0. The molecule has 0 saturated heterocycles. The summed E-state index contributed by atoms with van der Waals surface area (Å²) < 4.78 is 52.1. The largest absolute Gasteiger partial charge is 0.474 e. The Morgan fingerprint density at radius 3 is 1.62 bits per heavy atom. The number of rotatable bonds is 12. The minimum absolute atomic E-state index is 0.112. The summed E-state index contributed by atoms with van der Waals surface area (Å²) in [6.07, 6.45) is -0.521. The monoisotopic (exact) mass is 556 g/mol. The molecule has 4 aromatic carbocycles. The van der Waals surface area contributed by atoms with Crippen LogP contribution in [0.25, 0.3) is 0 Å². The summed E-state index contributed by atoms with van der Waals surface area (Å²) >= 11 is 0. The van der Waals surface area contributed by atoms with Crippen molar-refractivity contribution in [3.8, 4) is 0 Å². The standard InChI is InChI=1S/C33H32O6S/c34-40(35,29-19-11-4-12-20-29)32-21-30(37-23-27-15-7-2-8-16-27)33(38-24-28-17-9-3-10-18-28)31(39-32)25-36-22-26-13-5-1-6-14-26/h1-21,30-31,33H,22-25H2/t30-,31-,33+/m1/s1. The van der Waals surface area contributed by atoms with E-state index in [1.807, 2.05) is 91.0 Å². The van der Waals surface area contributed by atoms with Crippen LogP contribution < -0.4 is 0 Å². The van der Waals surface area contributed by atoms with Crippen LogP contribution in [0.2, 0.25) is 0 Å². The lowest BCUT2D eigenvalue weighted by molar-refractivity contribution is -0.149. The highest BCUT2D eigenvalue weighted by Gasteiger charge is 2.41. The Labute approximate surface area is 235 Å². The highest BCUT2D eigenvalue weighted by Crippen LogP contribution is 2.31. The van der Waals surface area contributed by atoms with E-state index in [1.54, 1.807) is 30.3 Å². The topological polar surface area (TPSA) is 71.1 Å². The lowest BCUT2D eigenvalue weighted by atomic mass is 10.1. The maximum absolute atomic E-state index is 13.6. The molecule has 0 fully saturated rings. The lowest BCUT2D eigenvalue weighted by Gasteiger charge is -2.36. The zero-order chi connectivity index (χ0) is 27.6. The van der Waals surface area contributed by atoms with Gasteiger partial charge in [0.05, 0.1) is 31.3 Å². The zero-order valence-electron chi connectivity index (χ0n) is 22.0. The predicted molar refractivity (Wildman–Crippen MR) is 153 cm³/mol. The molecule has 0 radical (unpaired) electrons. The van der Waals surface area contributed by atoms with Gasteiger partial charge in [-0.2, -0.15) is 0 Å². The van der Waals surface area contributed by atoms with Crippen LogP contribution in [0.15, 0.2) is 137 Å². The number of benzene rings is 4. The van der Waals surface area contributed by atoms with Gasteiger partial charge in [0, 0.05) is 6.08 Å². The molecule has 6 nitrogen and oxygen atoms in total. The summed E-state index contributed by atoms with van der Waals surface area (Å²) in [5.74, 6) is 0. The van der Waals surface area contributed by atoms with Crippen LogP contribution in [0, 0.1) is 0 Å². The molecule has 1 aliphatic heterocycles. The summed E-state index contributed by atoms with van der Waals surface area (Å²) in [6, 6.07) is 37.6. The molecule has 0 N–H and O–H groups in total. The van der Waals surface area contributed by atoms with E-state index in [9.17, 15) is 8.42 Å². The van der Waals surface area contributed by atoms with Gasteiger partial charge in [-0.3, -0.25) is 0 Å². The maximum atomic E-state index is 13.6. The third kappa shape index (κ3) is 7.25. The molecule has 0 aromatic heterocycles. The van der Waals surface area contributed by atoms with Gasteiger partial charge in [-0.15, -0.1) is 0 Å². The molecule has 0 amide bonds. The van der Waals surface area contributed by atoms with Gasteiger partial charge in [-0.25, -0.2) is 8.42 Å². The van der Waals surface area contributed by atoms with E-state index in [0.717, 1.165) is 16.7 Å². The van der Waals surface area contributed by atoms with Crippen molar-refractivity contribution in [1.29, 1.82) is 0 Å². The van der Waals surface area contributed by atoms with Gasteiger partial charge in [0.1, 0.15) is 12.2 Å². The van der Waals surface area contributed by atoms with Crippen LogP contribution >= 0.6 is 0 Å². The predicted octanol–water partition coefficient (Wildman–Crippen LogP) is 6.09. The first-order valence-electron chi connectivity index (χ1n) is 13.2. The first-order chi connectivity index (χ1) is 19.6. The first kappa shape index (κ1) is 27.8. The zero-order valence-corrected chi connectivity index (χ0v) is 22.9. The average Bonchev–Trinajstić information content (AvgIpc) is 3.01. The van der Waals surface area contributed by atoms with Crippen LogP contribution in [0.1, 0.15) is 16.7 Å². The van der Waals surface area contributed by atoms with E-state index in [0.29, 0.717) is 13.2 Å². The second-order valence-corrected chi connectivity index (χ2v) is 11.4. The minimum atomic E-state index is -3.93. The molecule has 0 saturated carbocycles. The average molecular weight is 557 g/mol. The van der Waals surface area contributed by atoms with Crippen molar-refractivity contribution in [1.82, 2.24) is 0 Å². The SMILES string of the molecule is O=S(=O)(C1=C[C@@H](OCc2ccccc2)[C@H](OCc2ccccc2)[C@@H](COCc2ccccc2)O1)c1ccccc1. The van der Waals surface area contributed by atoms with Crippen molar-refractivity contribution < 1.29 is 27.4 Å². The number of ether oxygens (including phenoxy) is 4. The van der Waals surface area contributed by atoms with Crippen LogP contribution in [0.5, 0.6) is 0 Å². The molecule has 0 spiro atoms. The number of hydrogen-bond donors (Lipinski definition) is 0. The lowest BCUT2D eigenvalue weighted by Crippen LogP contribution is -2.48. The fraction of sp³-hybridized carbons (Fsp3) is 0.212. The molecule has 0 bridgehead atoms. The summed E-state index contributed by atoms with van der Waals surface area (Å²) in [7, 11) is -3.93. The molecular weight excluding hydrogens is 524 g/mol. The Balaban J connectivity index is 1.43. The molecule has 0 unspecified atom stereocenters. The smallest absolute Gasteiger partial charge is 0.238 e. The quantitative estimate of drug-likeness (QED) is 0.210. The van der Waals surface area contributed by atoms with E-state index in [-0.39, 0.29) is 23.2 Å². The minimum Gasteiger partial charge on any atom is -0.474 e. The summed E-state index contributed by atoms with van der Waals surface area (Å²) in [6.45, 7) is 1.06. The fourth-order valence-electron chi connectivity index (χ4n) is 4.44. The van der Waals surface area contributed by atoms with Gasteiger partial charge in [0.15, 0.2) is 6.10 Å². The summed E-state index contributed by atoms with van der Waals surface area (Å²) in [5, 5.41) is -0.162. The highest BCUT2D eigenvalue weighted by molar-refractivity contribution is 7.95. The van der Waals surface area contributed by atoms with Gasteiger partial charge in [0.25, 0.3) is 0 Å². The molecule has 1 heterocycles. The molecule has 5 rings (SSSR count). The Kier molecular flexibility index (Phi) is 9.42. The molecule has 40 heavy (non-hydrogen) atoms. The van der Waals surface area contributed by atoms with Crippen LogP contribution in [-0.4, -0.2) is 33.3 Å². The Bertz CT molecular complexity index is 1460. The molecule has 3 atom stereocenters. The van der Waals surface area contributed by atoms with E-state index < -0.39 is 28.1 Å². The Hall–Kier alpha value is -3.75. The third-order valence-electron chi connectivity index (χ3n) is 6.54. The van der Waals surface area contributed by atoms with Crippen LogP contribution in [0.3, 0.4) is 0 Å². The van der Waals surface area contributed by atoms with Crippen molar-refractivity contribution in [2.75, 3.05) is 6.61 Å². The number of hydrogen-bond acceptors (Lipinski definition) is 6. The van der Waals surface area contributed by atoms with Gasteiger partial charge >= 0.3 is 0 Å². The van der Waals surface area contributed by atoms with Crippen molar-refractivity contribution in [2.45, 2.75) is 43.0 Å². The molecule has 1 aliphatic rings. The molecule has 0 aliphatic carbocycles. The molecular formula is C33H32O6S. The van der Waals surface area contributed by atoms with E-state index in [1.165, 1.54) is 6.08 Å². The van der Waals surface area contributed by atoms with Crippen LogP contribution in [0.4, 0.5) is 0 Å². The van der Waals surface area contributed by atoms with Crippen molar-refractivity contribution >= 4 is 9.84 Å². The van der Waals surface area contributed by atoms with E-state index >= 15 is 0 Å². The number of sulfone groups is 1. The molecule has 7 heteroatoms. The second kappa shape index (κ2) is 13.5. The van der Waals surface area contributed by atoms with Gasteiger partial charge in [0.2, 0.25) is 14.9 Å². The van der Waals surface area contributed by atoms with Crippen molar-refractivity contribution in [2.24, 2.45) is 0 Å². The second-order valence-electron chi connectivity index (χ2n) is 9.48. The van der Waals surface area contributed by atoms with Gasteiger partial charge < -0.3 is 18.9 Å². The fourth-order valence-corrected chi connectivity index (χ4v) is 5.75. The van der Waals surface area contributed by atoms with Crippen LogP contribution in [-0.2, 0) is 48.6 Å². The highest BCUT2D eigenvalue weighted by atomic mass is 32.2. The maximum Gasteiger partial charge on any atom is 0.238 e. The first-order valence-corrected chi connectivity index (χ1v) is 14.7. The van der Waals surface area contributed by atoms with E-state index in [2.05, 4.69) is 0 Å². The summed E-state index contributed by atoms with van der Waals surface area (Å²) in [4.78, 5) is 0.149.